The number of amides is 1. The van der Waals surface area contributed by atoms with Crippen LogP contribution in [0.3, 0.4) is 0 Å². The Morgan fingerprint density at radius 3 is 2.50 bits per heavy atom. The third-order valence-corrected chi connectivity index (χ3v) is 5.27. The first-order chi connectivity index (χ1) is 12.3. The van der Waals surface area contributed by atoms with Crippen molar-refractivity contribution in [2.24, 2.45) is 0 Å². The predicted octanol–water partition coefficient (Wildman–Crippen LogP) is 2.53. The van der Waals surface area contributed by atoms with Crippen LogP contribution in [0.5, 0.6) is 0 Å². The van der Waals surface area contributed by atoms with E-state index in [9.17, 15) is 18.0 Å². The second kappa shape index (κ2) is 8.93. The lowest BCUT2D eigenvalue weighted by Gasteiger charge is -2.08. The summed E-state index contributed by atoms with van der Waals surface area (Å²) in [4.78, 5) is 23.2. The van der Waals surface area contributed by atoms with Crippen molar-refractivity contribution in [3.63, 3.8) is 0 Å². The molecule has 0 heterocycles. The molecule has 0 aliphatic carbocycles. The van der Waals surface area contributed by atoms with E-state index in [0.717, 1.165) is 5.56 Å². The molecule has 26 heavy (non-hydrogen) atoms. The van der Waals surface area contributed by atoms with Crippen LogP contribution in [-0.2, 0) is 21.4 Å². The topological polar surface area (TPSA) is 92.3 Å². The summed E-state index contributed by atoms with van der Waals surface area (Å²) in [5.74, 6) is -0.507. The maximum atomic E-state index is 12.2. The van der Waals surface area contributed by atoms with Gasteiger partial charge in [-0.2, -0.15) is 0 Å². The van der Waals surface area contributed by atoms with Gasteiger partial charge in [-0.1, -0.05) is 35.9 Å². The highest BCUT2D eigenvalue weighted by Gasteiger charge is 2.15. The molecule has 8 heteroatoms. The minimum absolute atomic E-state index is 0.00774. The van der Waals surface area contributed by atoms with Crippen molar-refractivity contribution in [3.8, 4) is 0 Å². The Kier molecular flexibility index (Phi) is 6.90. The Hall–Kier alpha value is -2.22. The number of Topliss-reactive ketones (excluding diaryl/α,β-unsaturated/α-hetero) is 1. The number of carbonyl (C=O) groups is 2. The molecule has 1 amide bonds. The SMILES string of the molecule is CC(=O)c1cccc(S(=O)(=O)NCCC(=O)NCc2cccc(Cl)c2)c1. The van der Waals surface area contributed by atoms with Crippen molar-refractivity contribution < 1.29 is 18.0 Å². The van der Waals surface area contributed by atoms with Gasteiger partial charge in [-0.3, -0.25) is 9.59 Å². The number of benzene rings is 2. The van der Waals surface area contributed by atoms with E-state index >= 15 is 0 Å². The Balaban J connectivity index is 1.85. The van der Waals surface area contributed by atoms with E-state index in [1.807, 2.05) is 6.07 Å². The summed E-state index contributed by atoms with van der Waals surface area (Å²) in [5.41, 5.74) is 1.17. The van der Waals surface area contributed by atoms with Crippen LogP contribution in [-0.4, -0.2) is 26.7 Å². The van der Waals surface area contributed by atoms with Crippen LogP contribution in [0.1, 0.15) is 29.3 Å². The number of rotatable bonds is 8. The predicted molar refractivity (Wildman–Crippen MR) is 99.6 cm³/mol. The summed E-state index contributed by atoms with van der Waals surface area (Å²) >= 11 is 5.87. The molecule has 2 N–H and O–H groups in total. The fourth-order valence-corrected chi connectivity index (χ4v) is 3.49. The van der Waals surface area contributed by atoms with Crippen molar-refractivity contribution in [1.82, 2.24) is 10.0 Å². The van der Waals surface area contributed by atoms with Crippen molar-refractivity contribution >= 4 is 33.3 Å². The average Bonchev–Trinajstić information content (AvgIpc) is 2.60. The molecule has 2 aromatic carbocycles. The summed E-state index contributed by atoms with van der Waals surface area (Å²) in [7, 11) is -3.78. The van der Waals surface area contributed by atoms with Gasteiger partial charge < -0.3 is 5.32 Å². The van der Waals surface area contributed by atoms with Crippen LogP contribution in [0.2, 0.25) is 5.02 Å². The standard InChI is InChI=1S/C18H19ClN2O4S/c1-13(22)15-5-3-7-17(11-15)26(24,25)21-9-8-18(23)20-12-14-4-2-6-16(19)10-14/h2-7,10-11,21H,8-9,12H2,1H3,(H,20,23). The van der Waals surface area contributed by atoms with Gasteiger partial charge in [0.05, 0.1) is 4.90 Å². The van der Waals surface area contributed by atoms with Crippen molar-refractivity contribution in [2.75, 3.05) is 6.54 Å². The van der Waals surface area contributed by atoms with Gasteiger partial charge in [0, 0.05) is 30.1 Å². The molecule has 2 aromatic rings. The quantitative estimate of drug-likeness (QED) is 0.673. The molecule has 138 valence electrons. The Morgan fingerprint density at radius 1 is 1.08 bits per heavy atom. The van der Waals surface area contributed by atoms with Crippen LogP contribution < -0.4 is 10.0 Å². The number of halogens is 1. The Bertz CT molecular complexity index is 913. The fourth-order valence-electron chi connectivity index (χ4n) is 2.20. The third kappa shape index (κ3) is 5.94. The molecule has 0 aromatic heterocycles. The second-order valence-corrected chi connectivity index (χ2v) is 7.84. The summed E-state index contributed by atoms with van der Waals surface area (Å²) < 4.78 is 26.8. The van der Waals surface area contributed by atoms with Gasteiger partial charge in [0.15, 0.2) is 5.78 Å². The van der Waals surface area contributed by atoms with E-state index in [1.165, 1.54) is 25.1 Å². The second-order valence-electron chi connectivity index (χ2n) is 5.64. The number of ketones is 1. The van der Waals surface area contributed by atoms with Gasteiger partial charge in [-0.05, 0) is 36.8 Å². The largest absolute Gasteiger partial charge is 0.352 e. The number of carbonyl (C=O) groups excluding carboxylic acids is 2. The van der Waals surface area contributed by atoms with E-state index in [2.05, 4.69) is 10.0 Å². The van der Waals surface area contributed by atoms with Crippen molar-refractivity contribution in [3.05, 3.63) is 64.7 Å². The zero-order valence-electron chi connectivity index (χ0n) is 14.2. The van der Waals surface area contributed by atoms with Gasteiger partial charge in [-0.25, -0.2) is 13.1 Å². The molecule has 0 saturated heterocycles. The number of sulfonamides is 1. The van der Waals surface area contributed by atoms with Gasteiger partial charge >= 0.3 is 0 Å². The van der Waals surface area contributed by atoms with Gasteiger partial charge in [-0.15, -0.1) is 0 Å². The first-order valence-electron chi connectivity index (χ1n) is 7.90. The molecule has 0 radical (unpaired) electrons. The van der Waals surface area contributed by atoms with Crippen molar-refractivity contribution in [1.29, 1.82) is 0 Å². The normalized spacial score (nSPS) is 11.2. The van der Waals surface area contributed by atoms with Gasteiger partial charge in [0.1, 0.15) is 0 Å². The lowest BCUT2D eigenvalue weighted by Crippen LogP contribution is -2.30. The lowest BCUT2D eigenvalue weighted by atomic mass is 10.2. The average molecular weight is 395 g/mol. The maximum absolute atomic E-state index is 12.2. The van der Waals surface area contributed by atoms with Crippen LogP contribution in [0, 0.1) is 0 Å². The molecule has 0 bridgehead atoms. The first-order valence-corrected chi connectivity index (χ1v) is 9.76. The van der Waals surface area contributed by atoms with E-state index in [1.54, 1.807) is 24.3 Å². The monoisotopic (exact) mass is 394 g/mol. The third-order valence-electron chi connectivity index (χ3n) is 3.57. The highest BCUT2D eigenvalue weighted by Crippen LogP contribution is 2.12. The molecule has 0 saturated carbocycles. The molecule has 0 aliphatic rings. The molecule has 0 aliphatic heterocycles. The van der Waals surface area contributed by atoms with Crippen LogP contribution in [0.4, 0.5) is 0 Å². The Labute approximate surface area is 157 Å². The summed E-state index contributed by atoms with van der Waals surface area (Å²) in [6.45, 7) is 1.63. The molecule has 0 spiro atoms. The maximum Gasteiger partial charge on any atom is 0.240 e. The number of nitrogens with one attached hydrogen (secondary N) is 2. The summed E-state index contributed by atoms with van der Waals surface area (Å²) in [6.07, 6.45) is -0.00774. The van der Waals surface area contributed by atoms with Crippen LogP contribution in [0.25, 0.3) is 0 Å². The smallest absolute Gasteiger partial charge is 0.240 e. The molecule has 0 atom stereocenters. The van der Waals surface area contributed by atoms with E-state index in [-0.39, 0.29) is 29.6 Å². The fraction of sp³-hybridized carbons (Fsp3) is 0.222. The van der Waals surface area contributed by atoms with E-state index in [4.69, 9.17) is 11.6 Å². The molecule has 2 rings (SSSR count). The zero-order valence-corrected chi connectivity index (χ0v) is 15.7. The lowest BCUT2D eigenvalue weighted by molar-refractivity contribution is -0.121. The molecular formula is C18H19ClN2O4S. The summed E-state index contributed by atoms with van der Waals surface area (Å²) in [6, 6.07) is 12.9. The molecule has 0 unspecified atom stereocenters. The van der Waals surface area contributed by atoms with Crippen LogP contribution in [0.15, 0.2) is 53.4 Å². The highest BCUT2D eigenvalue weighted by molar-refractivity contribution is 7.89. The number of hydrogen-bond donors (Lipinski definition) is 2. The van der Waals surface area contributed by atoms with Crippen molar-refractivity contribution in [2.45, 2.75) is 24.8 Å². The Morgan fingerprint density at radius 2 is 1.81 bits per heavy atom. The van der Waals surface area contributed by atoms with Gasteiger partial charge in [0.25, 0.3) is 0 Å². The molecule has 6 nitrogen and oxygen atoms in total. The zero-order chi connectivity index (χ0) is 19.2. The minimum Gasteiger partial charge on any atom is -0.352 e. The molecule has 0 fully saturated rings. The van der Waals surface area contributed by atoms with E-state index in [0.29, 0.717) is 17.1 Å². The first kappa shape index (κ1) is 20.1. The summed E-state index contributed by atoms with van der Waals surface area (Å²) in [5, 5.41) is 3.28. The number of hydrogen-bond acceptors (Lipinski definition) is 4. The van der Waals surface area contributed by atoms with Gasteiger partial charge in [0.2, 0.25) is 15.9 Å². The van der Waals surface area contributed by atoms with Crippen LogP contribution >= 0.6 is 11.6 Å². The van der Waals surface area contributed by atoms with E-state index < -0.39 is 10.0 Å². The minimum atomic E-state index is -3.78. The molecular weight excluding hydrogens is 376 g/mol. The highest BCUT2D eigenvalue weighted by atomic mass is 35.5.